The normalized spacial score (nSPS) is 11.5. The monoisotopic (exact) mass is 552 g/mol. The van der Waals surface area contributed by atoms with Crippen molar-refractivity contribution >= 4 is 47.7 Å². The van der Waals surface area contributed by atoms with Gasteiger partial charge in [0.2, 0.25) is 17.7 Å². The van der Waals surface area contributed by atoms with Gasteiger partial charge in [-0.2, -0.15) is 0 Å². The molecule has 0 heterocycles. The lowest BCUT2D eigenvalue weighted by atomic mass is 10.1. The van der Waals surface area contributed by atoms with Crippen molar-refractivity contribution in [3.8, 4) is 5.75 Å². The number of nitrogens with one attached hydrogen (secondary N) is 2. The van der Waals surface area contributed by atoms with Crippen LogP contribution in [0.2, 0.25) is 0 Å². The topological polar surface area (TPSA) is 189 Å². The minimum atomic E-state index is -1.23. The van der Waals surface area contributed by atoms with Crippen LogP contribution < -0.4 is 31.7 Å². The van der Waals surface area contributed by atoms with Gasteiger partial charge in [-0.25, -0.2) is 4.79 Å². The van der Waals surface area contributed by atoms with Crippen LogP contribution in [0.25, 0.3) is 0 Å². The van der Waals surface area contributed by atoms with Crippen molar-refractivity contribution in [2.24, 2.45) is 16.5 Å². The fourth-order valence-corrected chi connectivity index (χ4v) is 3.24. The summed E-state index contributed by atoms with van der Waals surface area (Å²) in [6.45, 7) is 8.70. The molecular weight excluding hydrogens is 516 g/mol. The highest BCUT2D eigenvalue weighted by molar-refractivity contribution is 5.98. The molecule has 0 saturated heterocycles. The van der Waals surface area contributed by atoms with E-state index >= 15 is 0 Å². The van der Waals surface area contributed by atoms with Crippen LogP contribution in [0.4, 0.5) is 5.69 Å². The number of nitrogens with zero attached hydrogens (tertiary/aromatic N) is 2. The van der Waals surface area contributed by atoms with Crippen LogP contribution in [-0.2, 0) is 19.2 Å². The summed E-state index contributed by atoms with van der Waals surface area (Å²) in [5, 5.41) is 14.4. The summed E-state index contributed by atoms with van der Waals surface area (Å²) in [6, 6.07) is 4.35. The average Bonchev–Trinajstić information content (AvgIpc) is 2.84. The molecule has 0 aliphatic heterocycles. The number of aliphatic carboxylic acids is 1. The number of carboxylic acid groups (broad SMARTS) is 1. The van der Waals surface area contributed by atoms with Gasteiger partial charge in [-0.05, 0) is 49.9 Å². The van der Waals surface area contributed by atoms with Crippen LogP contribution in [0.15, 0.2) is 54.6 Å². The number of carbonyl (C=O) groups is 4. The summed E-state index contributed by atoms with van der Waals surface area (Å²) in [4.78, 5) is 54.6. The van der Waals surface area contributed by atoms with Gasteiger partial charge in [0.15, 0.2) is 5.96 Å². The number of halogens is 1. The van der Waals surface area contributed by atoms with E-state index in [1.165, 1.54) is 17.9 Å². The number of carboxylic acids is 1. The van der Waals surface area contributed by atoms with Crippen molar-refractivity contribution in [2.45, 2.75) is 44.7 Å². The SMILES string of the molecule is C=CCOc1ccc(N(CC(=O)N[C@H](CCCCN=C(N)N)C(=O)N[C@@H](CC=C)C(=O)O)C(C)=O)cc1.Cl. The Bertz CT molecular complexity index is 981. The lowest BCUT2D eigenvalue weighted by molar-refractivity contribution is -0.142. The Labute approximate surface area is 228 Å². The van der Waals surface area contributed by atoms with E-state index in [0.29, 0.717) is 37.4 Å². The third-order valence-electron chi connectivity index (χ3n) is 5.06. The number of guanidine groups is 1. The molecule has 0 spiro atoms. The maximum absolute atomic E-state index is 12.9. The quantitative estimate of drug-likeness (QED) is 0.0821. The molecule has 2 atom stereocenters. The Hall–Kier alpha value is -4.06. The molecule has 13 heteroatoms. The fraction of sp³-hybridized carbons (Fsp3) is 0.400. The molecule has 1 aromatic carbocycles. The number of nitrogens with two attached hydrogens (primary N) is 2. The van der Waals surface area contributed by atoms with E-state index < -0.39 is 29.9 Å². The second-order valence-corrected chi connectivity index (χ2v) is 8.05. The second-order valence-electron chi connectivity index (χ2n) is 8.05. The number of benzene rings is 1. The smallest absolute Gasteiger partial charge is 0.326 e. The van der Waals surface area contributed by atoms with Gasteiger partial charge in [0, 0.05) is 19.2 Å². The van der Waals surface area contributed by atoms with Crippen molar-refractivity contribution in [1.29, 1.82) is 0 Å². The van der Waals surface area contributed by atoms with Crippen LogP contribution in [0, 0.1) is 0 Å². The zero-order chi connectivity index (χ0) is 27.8. The van der Waals surface area contributed by atoms with E-state index in [1.54, 1.807) is 30.3 Å². The molecule has 1 aromatic rings. The molecule has 210 valence electrons. The Morgan fingerprint density at radius 2 is 1.74 bits per heavy atom. The first-order chi connectivity index (χ1) is 17.6. The van der Waals surface area contributed by atoms with E-state index in [2.05, 4.69) is 28.8 Å². The number of anilines is 1. The number of carbonyl (C=O) groups excluding carboxylic acids is 3. The molecule has 0 fully saturated rings. The zero-order valence-electron chi connectivity index (χ0n) is 21.4. The molecular formula is C25H37ClN6O6. The largest absolute Gasteiger partial charge is 0.490 e. The Morgan fingerprint density at radius 3 is 2.26 bits per heavy atom. The number of aliphatic imine (C=N–C) groups is 1. The van der Waals surface area contributed by atoms with Gasteiger partial charge in [-0.1, -0.05) is 18.7 Å². The van der Waals surface area contributed by atoms with E-state index in [4.69, 9.17) is 16.2 Å². The molecule has 0 aliphatic carbocycles. The molecule has 3 amide bonds. The molecule has 7 N–H and O–H groups in total. The molecule has 0 unspecified atom stereocenters. The Kier molecular flexibility index (Phi) is 16.3. The maximum atomic E-state index is 12.9. The summed E-state index contributed by atoms with van der Waals surface area (Å²) < 4.78 is 5.43. The number of amides is 3. The van der Waals surface area contributed by atoms with E-state index in [1.807, 2.05) is 0 Å². The number of rotatable bonds is 17. The Morgan fingerprint density at radius 1 is 1.08 bits per heavy atom. The number of unbranched alkanes of at least 4 members (excludes halogenated alkanes) is 1. The maximum Gasteiger partial charge on any atom is 0.326 e. The van der Waals surface area contributed by atoms with Crippen LogP contribution in [0.1, 0.15) is 32.6 Å². The highest BCUT2D eigenvalue weighted by Gasteiger charge is 2.26. The van der Waals surface area contributed by atoms with Crippen LogP contribution in [-0.4, -0.2) is 66.5 Å². The first-order valence-electron chi connectivity index (χ1n) is 11.7. The third-order valence-corrected chi connectivity index (χ3v) is 5.06. The van der Waals surface area contributed by atoms with Crippen LogP contribution in [0.3, 0.4) is 0 Å². The van der Waals surface area contributed by atoms with Gasteiger partial charge in [0.25, 0.3) is 0 Å². The summed E-state index contributed by atoms with van der Waals surface area (Å²) in [7, 11) is 0. The Balaban J connectivity index is 0.0000137. The lowest BCUT2D eigenvalue weighted by Crippen LogP contribution is -2.53. The minimum Gasteiger partial charge on any atom is -0.490 e. The standard InChI is InChI=1S/C25H36N6O6.ClH/c1-4-8-21(24(35)36)30-23(34)20(9-6-7-14-28-25(26)27)29-22(33)16-31(17(3)32)18-10-12-19(13-11-18)37-15-5-2;/h4-5,10-13,20-21H,1-2,6-9,14-16H2,3H3,(H,29,33)(H,30,34)(H,35,36)(H4,26,27,28);1H/t20-,21+;/m1./s1. The van der Waals surface area contributed by atoms with E-state index in [0.717, 1.165) is 0 Å². The second kappa shape index (κ2) is 18.2. The molecule has 0 radical (unpaired) electrons. The van der Waals surface area contributed by atoms with Crippen molar-refractivity contribution in [3.05, 3.63) is 49.6 Å². The van der Waals surface area contributed by atoms with Crippen LogP contribution in [0.5, 0.6) is 5.75 Å². The molecule has 0 bridgehead atoms. The van der Waals surface area contributed by atoms with Crippen molar-refractivity contribution in [1.82, 2.24) is 10.6 Å². The van der Waals surface area contributed by atoms with E-state index in [-0.39, 0.29) is 43.7 Å². The number of hydrogen-bond acceptors (Lipinski definition) is 6. The third kappa shape index (κ3) is 12.8. The summed E-state index contributed by atoms with van der Waals surface area (Å²) in [5.41, 5.74) is 11.1. The van der Waals surface area contributed by atoms with E-state index in [9.17, 15) is 24.3 Å². The van der Waals surface area contributed by atoms with Gasteiger partial charge in [0.1, 0.15) is 31.0 Å². The van der Waals surface area contributed by atoms with Crippen molar-refractivity contribution in [3.63, 3.8) is 0 Å². The zero-order valence-corrected chi connectivity index (χ0v) is 22.2. The highest BCUT2D eigenvalue weighted by atomic mass is 35.5. The molecule has 1 rings (SSSR count). The average molecular weight is 553 g/mol. The van der Waals surface area contributed by atoms with Gasteiger partial charge >= 0.3 is 5.97 Å². The lowest BCUT2D eigenvalue weighted by Gasteiger charge is -2.24. The molecule has 12 nitrogen and oxygen atoms in total. The first-order valence-corrected chi connectivity index (χ1v) is 11.7. The van der Waals surface area contributed by atoms with Crippen molar-refractivity contribution < 1.29 is 29.0 Å². The van der Waals surface area contributed by atoms with Gasteiger partial charge < -0.3 is 36.8 Å². The van der Waals surface area contributed by atoms with Crippen LogP contribution >= 0.6 is 12.4 Å². The molecule has 38 heavy (non-hydrogen) atoms. The number of hydrogen-bond donors (Lipinski definition) is 5. The van der Waals surface area contributed by atoms with Gasteiger partial charge in [-0.3, -0.25) is 19.4 Å². The van der Waals surface area contributed by atoms with Gasteiger partial charge in [-0.15, -0.1) is 19.0 Å². The molecule has 0 aromatic heterocycles. The fourth-order valence-electron chi connectivity index (χ4n) is 3.24. The molecule has 0 aliphatic rings. The predicted octanol–water partition coefficient (Wildman–Crippen LogP) is 1.10. The summed E-state index contributed by atoms with van der Waals surface area (Å²) >= 11 is 0. The predicted molar refractivity (Wildman–Crippen MR) is 148 cm³/mol. The summed E-state index contributed by atoms with van der Waals surface area (Å²) in [5.74, 6) is -2.35. The van der Waals surface area contributed by atoms with Crippen molar-refractivity contribution in [2.75, 3.05) is 24.6 Å². The highest BCUT2D eigenvalue weighted by Crippen LogP contribution is 2.20. The number of ether oxygens (including phenoxy) is 1. The molecule has 0 saturated carbocycles. The minimum absolute atomic E-state index is 0. The first kappa shape index (κ1) is 33.9. The van der Waals surface area contributed by atoms with Gasteiger partial charge in [0.05, 0.1) is 0 Å². The summed E-state index contributed by atoms with van der Waals surface area (Å²) in [6.07, 6.45) is 4.19.